The minimum Gasteiger partial charge on any atom is -0.345 e. The van der Waals surface area contributed by atoms with Crippen LogP contribution in [0.2, 0.25) is 0 Å². The summed E-state index contributed by atoms with van der Waals surface area (Å²) < 4.78 is 0. The van der Waals surface area contributed by atoms with Crippen LogP contribution in [0.4, 0.5) is 11.4 Å². The lowest BCUT2D eigenvalue weighted by molar-refractivity contribution is 0.660. The molecule has 31 heavy (non-hydrogen) atoms. The first-order valence-corrected chi connectivity index (χ1v) is 11.0. The van der Waals surface area contributed by atoms with E-state index in [-0.39, 0.29) is 5.41 Å². The van der Waals surface area contributed by atoms with Crippen LogP contribution in [-0.4, -0.2) is 7.05 Å². The second-order valence-electron chi connectivity index (χ2n) is 9.38. The highest BCUT2D eigenvalue weighted by Gasteiger charge is 2.35. The molecule has 1 nitrogen and oxygen atoms in total. The molecule has 0 aromatic heterocycles. The fourth-order valence-electron chi connectivity index (χ4n) is 5.05. The lowest BCUT2D eigenvalue weighted by Gasteiger charge is -2.22. The van der Waals surface area contributed by atoms with Crippen molar-refractivity contribution in [1.29, 1.82) is 0 Å². The number of rotatable bonds is 3. The van der Waals surface area contributed by atoms with Gasteiger partial charge in [0, 0.05) is 23.8 Å². The van der Waals surface area contributed by atoms with Gasteiger partial charge in [0.15, 0.2) is 0 Å². The predicted octanol–water partition coefficient (Wildman–Crippen LogP) is 8.04. The van der Waals surface area contributed by atoms with Crippen LogP contribution in [0.25, 0.3) is 22.3 Å². The van der Waals surface area contributed by atoms with E-state index in [2.05, 4.69) is 125 Å². The lowest BCUT2D eigenvalue weighted by atomic mass is 9.81. The van der Waals surface area contributed by atoms with Crippen LogP contribution in [0, 0.1) is 13.8 Å². The summed E-state index contributed by atoms with van der Waals surface area (Å²) in [6.45, 7) is 8.98. The third-order valence-electron chi connectivity index (χ3n) is 6.77. The number of hydrogen-bond acceptors (Lipinski definition) is 1. The molecule has 0 spiro atoms. The Morgan fingerprint density at radius 2 is 1.19 bits per heavy atom. The van der Waals surface area contributed by atoms with Gasteiger partial charge in [-0.15, -0.1) is 0 Å². The lowest BCUT2D eigenvalue weighted by Crippen LogP contribution is -2.14. The molecule has 1 heteroatoms. The zero-order valence-electron chi connectivity index (χ0n) is 19.0. The summed E-state index contributed by atoms with van der Waals surface area (Å²) in [5, 5.41) is 0. The molecule has 0 saturated heterocycles. The number of hydrogen-bond donors (Lipinski definition) is 0. The van der Waals surface area contributed by atoms with E-state index in [0.29, 0.717) is 0 Å². The molecular formula is C30H29N. The first-order valence-electron chi connectivity index (χ1n) is 11.0. The first kappa shape index (κ1) is 19.6. The van der Waals surface area contributed by atoms with Crippen LogP contribution in [0.15, 0.2) is 84.9 Å². The Morgan fingerprint density at radius 1 is 0.581 bits per heavy atom. The van der Waals surface area contributed by atoms with Crippen molar-refractivity contribution < 1.29 is 0 Å². The van der Waals surface area contributed by atoms with Crippen molar-refractivity contribution in [2.45, 2.75) is 33.1 Å². The fraction of sp³-hybridized carbons (Fsp3) is 0.200. The van der Waals surface area contributed by atoms with Gasteiger partial charge in [0.25, 0.3) is 0 Å². The number of aryl methyl sites for hydroxylation is 2. The molecule has 0 saturated carbocycles. The molecule has 0 heterocycles. The smallest absolute Gasteiger partial charge is 0.0413 e. The van der Waals surface area contributed by atoms with Gasteiger partial charge in [0.2, 0.25) is 0 Å². The van der Waals surface area contributed by atoms with Gasteiger partial charge in [-0.05, 0) is 88.7 Å². The van der Waals surface area contributed by atoms with Crippen molar-refractivity contribution in [2.24, 2.45) is 0 Å². The molecule has 5 rings (SSSR count). The molecule has 0 bridgehead atoms. The zero-order valence-corrected chi connectivity index (χ0v) is 19.0. The van der Waals surface area contributed by atoms with Crippen LogP contribution in [0.5, 0.6) is 0 Å². The Bertz CT molecular complexity index is 1260. The molecule has 0 unspecified atom stereocenters. The van der Waals surface area contributed by atoms with Crippen molar-refractivity contribution >= 4 is 11.4 Å². The quantitative estimate of drug-likeness (QED) is 0.334. The second kappa shape index (κ2) is 7.13. The van der Waals surface area contributed by atoms with Crippen LogP contribution < -0.4 is 4.90 Å². The Hall–Kier alpha value is -3.32. The van der Waals surface area contributed by atoms with E-state index in [1.807, 2.05) is 0 Å². The van der Waals surface area contributed by atoms with Crippen molar-refractivity contribution in [3.8, 4) is 22.3 Å². The van der Waals surface area contributed by atoms with Crippen molar-refractivity contribution in [1.82, 2.24) is 0 Å². The third kappa shape index (κ3) is 3.25. The SMILES string of the molecule is Cc1cc(C)cc(N(C)c2ccc(-c3ccc4c(c3)C(C)(C)c3ccccc3-4)cc2)c1. The molecule has 4 aromatic rings. The van der Waals surface area contributed by atoms with Gasteiger partial charge in [-0.25, -0.2) is 0 Å². The average molecular weight is 404 g/mol. The Morgan fingerprint density at radius 3 is 1.90 bits per heavy atom. The highest BCUT2D eigenvalue weighted by molar-refractivity contribution is 5.83. The Balaban J connectivity index is 1.48. The predicted molar refractivity (Wildman–Crippen MR) is 133 cm³/mol. The summed E-state index contributed by atoms with van der Waals surface area (Å²) in [5.74, 6) is 0. The highest BCUT2D eigenvalue weighted by Crippen LogP contribution is 2.49. The fourth-order valence-corrected chi connectivity index (χ4v) is 5.05. The van der Waals surface area contributed by atoms with E-state index in [1.54, 1.807) is 0 Å². The Labute approximate surface area is 186 Å². The summed E-state index contributed by atoms with van der Waals surface area (Å²) in [6, 6.07) is 31.4. The molecule has 0 fully saturated rings. The Kier molecular flexibility index (Phi) is 4.51. The monoisotopic (exact) mass is 403 g/mol. The summed E-state index contributed by atoms with van der Waals surface area (Å²) in [6.07, 6.45) is 0. The molecule has 1 aliphatic rings. The highest BCUT2D eigenvalue weighted by atomic mass is 15.1. The normalized spacial score (nSPS) is 13.6. The van der Waals surface area contributed by atoms with Gasteiger partial charge in [-0.3, -0.25) is 0 Å². The summed E-state index contributed by atoms with van der Waals surface area (Å²) in [7, 11) is 2.14. The van der Waals surface area contributed by atoms with Gasteiger partial charge >= 0.3 is 0 Å². The molecule has 0 aliphatic heterocycles. The van der Waals surface area contributed by atoms with Gasteiger partial charge in [-0.2, -0.15) is 0 Å². The molecule has 0 atom stereocenters. The molecule has 0 amide bonds. The summed E-state index contributed by atoms with van der Waals surface area (Å²) in [5.41, 5.74) is 13.2. The number of anilines is 2. The van der Waals surface area contributed by atoms with E-state index in [0.717, 1.165) is 0 Å². The van der Waals surface area contributed by atoms with Crippen molar-refractivity contribution in [3.05, 3.63) is 107 Å². The standard InChI is InChI=1S/C30H29N/c1-20-16-21(2)18-25(17-20)31(5)24-13-10-22(11-14-24)23-12-15-27-26-8-6-7-9-28(26)30(3,4)29(27)19-23/h6-19H,1-5H3. The molecule has 1 aliphatic carbocycles. The second-order valence-corrected chi connectivity index (χ2v) is 9.38. The maximum Gasteiger partial charge on any atom is 0.0413 e. The van der Waals surface area contributed by atoms with E-state index in [4.69, 9.17) is 0 Å². The first-order chi connectivity index (χ1) is 14.8. The summed E-state index contributed by atoms with van der Waals surface area (Å²) in [4.78, 5) is 2.26. The molecule has 154 valence electrons. The molecule has 0 N–H and O–H groups in total. The van der Waals surface area contributed by atoms with Gasteiger partial charge in [0.1, 0.15) is 0 Å². The largest absolute Gasteiger partial charge is 0.345 e. The van der Waals surface area contributed by atoms with E-state index in [1.165, 1.54) is 55.9 Å². The van der Waals surface area contributed by atoms with Crippen LogP contribution in [-0.2, 0) is 5.41 Å². The average Bonchev–Trinajstić information content (AvgIpc) is 3.00. The number of fused-ring (bicyclic) bond motifs is 3. The zero-order chi connectivity index (χ0) is 21.8. The number of nitrogens with zero attached hydrogens (tertiary/aromatic N) is 1. The van der Waals surface area contributed by atoms with Crippen molar-refractivity contribution in [2.75, 3.05) is 11.9 Å². The molecule has 0 radical (unpaired) electrons. The molecule has 4 aromatic carbocycles. The van der Waals surface area contributed by atoms with Crippen LogP contribution in [0.1, 0.15) is 36.1 Å². The topological polar surface area (TPSA) is 3.24 Å². The van der Waals surface area contributed by atoms with Crippen LogP contribution >= 0.6 is 0 Å². The van der Waals surface area contributed by atoms with Gasteiger partial charge in [-0.1, -0.05) is 68.4 Å². The van der Waals surface area contributed by atoms with Crippen LogP contribution in [0.3, 0.4) is 0 Å². The third-order valence-corrected chi connectivity index (χ3v) is 6.77. The maximum absolute atomic E-state index is 2.39. The van der Waals surface area contributed by atoms with Crippen molar-refractivity contribution in [3.63, 3.8) is 0 Å². The van der Waals surface area contributed by atoms with Gasteiger partial charge < -0.3 is 4.90 Å². The van der Waals surface area contributed by atoms with E-state index >= 15 is 0 Å². The molecular weight excluding hydrogens is 374 g/mol. The minimum absolute atomic E-state index is 0.0329. The number of benzene rings is 4. The van der Waals surface area contributed by atoms with E-state index < -0.39 is 0 Å². The summed E-state index contributed by atoms with van der Waals surface area (Å²) >= 11 is 0. The minimum atomic E-state index is 0.0329. The maximum atomic E-state index is 2.39. The van der Waals surface area contributed by atoms with E-state index in [9.17, 15) is 0 Å². The van der Waals surface area contributed by atoms with Gasteiger partial charge in [0.05, 0.1) is 0 Å².